The van der Waals surface area contributed by atoms with Gasteiger partial charge in [-0.3, -0.25) is 9.88 Å². The summed E-state index contributed by atoms with van der Waals surface area (Å²) < 4.78 is 0. The summed E-state index contributed by atoms with van der Waals surface area (Å²) in [6.07, 6.45) is 5.88. The van der Waals surface area contributed by atoms with Gasteiger partial charge >= 0.3 is 0 Å². The lowest BCUT2D eigenvalue weighted by molar-refractivity contribution is 0.260. The first-order chi connectivity index (χ1) is 8.74. The van der Waals surface area contributed by atoms with Gasteiger partial charge in [0.2, 0.25) is 0 Å². The van der Waals surface area contributed by atoms with Gasteiger partial charge in [-0.2, -0.15) is 0 Å². The zero-order valence-corrected chi connectivity index (χ0v) is 11.4. The molecule has 4 nitrogen and oxygen atoms in total. The second-order valence-corrected chi connectivity index (χ2v) is 5.55. The van der Waals surface area contributed by atoms with Crippen LogP contribution in [0.5, 0.6) is 0 Å². The lowest BCUT2D eigenvalue weighted by Gasteiger charge is -2.24. The third-order valence-corrected chi connectivity index (χ3v) is 4.17. The van der Waals surface area contributed by atoms with Crippen molar-refractivity contribution in [1.29, 1.82) is 0 Å². The molecule has 0 radical (unpaired) electrons. The van der Waals surface area contributed by atoms with Gasteiger partial charge in [0.05, 0.1) is 11.4 Å². The first-order valence-corrected chi connectivity index (χ1v) is 7.03. The largest absolute Gasteiger partial charge is 0.353 e. The zero-order valence-electron chi connectivity index (χ0n) is 11.4. The SMILES string of the molecule is Cc1cnc(C)c(N2CCC(N3CCCC3)C2)n1. The maximum atomic E-state index is 4.66. The van der Waals surface area contributed by atoms with Gasteiger partial charge in [0.25, 0.3) is 0 Å². The van der Waals surface area contributed by atoms with Crippen molar-refractivity contribution >= 4 is 5.82 Å². The van der Waals surface area contributed by atoms with Gasteiger partial charge in [0.15, 0.2) is 0 Å². The van der Waals surface area contributed by atoms with Crippen LogP contribution in [0, 0.1) is 13.8 Å². The molecule has 1 aromatic heterocycles. The standard InChI is InChI=1S/C14H22N4/c1-11-9-15-12(2)14(16-11)18-8-5-13(10-18)17-6-3-4-7-17/h9,13H,3-8,10H2,1-2H3. The maximum Gasteiger partial charge on any atom is 0.150 e. The molecule has 0 aliphatic carbocycles. The Morgan fingerprint density at radius 2 is 1.94 bits per heavy atom. The minimum atomic E-state index is 0.731. The average Bonchev–Trinajstić information content (AvgIpc) is 3.00. The molecule has 0 saturated carbocycles. The Morgan fingerprint density at radius 3 is 2.72 bits per heavy atom. The van der Waals surface area contributed by atoms with Crippen molar-refractivity contribution in [2.45, 2.75) is 39.2 Å². The highest BCUT2D eigenvalue weighted by Crippen LogP contribution is 2.25. The number of anilines is 1. The molecule has 4 heteroatoms. The predicted molar refractivity (Wildman–Crippen MR) is 72.9 cm³/mol. The fraction of sp³-hybridized carbons (Fsp3) is 0.714. The minimum Gasteiger partial charge on any atom is -0.353 e. The van der Waals surface area contributed by atoms with Gasteiger partial charge in [-0.25, -0.2) is 4.98 Å². The number of nitrogens with zero attached hydrogens (tertiary/aromatic N) is 4. The van der Waals surface area contributed by atoms with E-state index in [4.69, 9.17) is 0 Å². The Hall–Kier alpha value is -1.16. The van der Waals surface area contributed by atoms with Crippen LogP contribution in [0.15, 0.2) is 6.20 Å². The lowest BCUT2D eigenvalue weighted by atomic mass is 10.2. The number of hydrogen-bond donors (Lipinski definition) is 0. The van der Waals surface area contributed by atoms with E-state index in [9.17, 15) is 0 Å². The van der Waals surface area contributed by atoms with Crippen LogP contribution >= 0.6 is 0 Å². The van der Waals surface area contributed by atoms with Crippen molar-refractivity contribution in [3.8, 4) is 0 Å². The van der Waals surface area contributed by atoms with Crippen molar-refractivity contribution in [2.24, 2.45) is 0 Å². The summed E-state index contributed by atoms with van der Waals surface area (Å²) in [7, 11) is 0. The van der Waals surface area contributed by atoms with E-state index >= 15 is 0 Å². The zero-order chi connectivity index (χ0) is 12.5. The summed E-state index contributed by atoms with van der Waals surface area (Å²) in [5.41, 5.74) is 2.07. The van der Waals surface area contributed by atoms with Crippen LogP contribution in [-0.4, -0.2) is 47.1 Å². The fourth-order valence-corrected chi connectivity index (χ4v) is 3.16. The fourth-order valence-electron chi connectivity index (χ4n) is 3.16. The molecule has 1 unspecified atom stereocenters. The molecule has 0 bridgehead atoms. The summed E-state index contributed by atoms with van der Waals surface area (Å²) in [5.74, 6) is 1.09. The van der Waals surface area contributed by atoms with E-state index in [1.807, 2.05) is 13.1 Å². The molecule has 2 aliphatic heterocycles. The summed E-state index contributed by atoms with van der Waals surface area (Å²) >= 11 is 0. The summed E-state index contributed by atoms with van der Waals surface area (Å²) in [4.78, 5) is 14.2. The Morgan fingerprint density at radius 1 is 1.17 bits per heavy atom. The number of aryl methyl sites for hydroxylation is 2. The highest BCUT2D eigenvalue weighted by Gasteiger charge is 2.30. The van der Waals surface area contributed by atoms with E-state index in [1.54, 1.807) is 0 Å². The number of aromatic nitrogens is 2. The normalized spacial score (nSPS) is 25.0. The molecule has 2 fully saturated rings. The summed E-state index contributed by atoms with van der Waals surface area (Å²) in [6.45, 7) is 8.90. The van der Waals surface area contributed by atoms with E-state index < -0.39 is 0 Å². The van der Waals surface area contributed by atoms with Crippen LogP contribution in [0.3, 0.4) is 0 Å². The van der Waals surface area contributed by atoms with E-state index in [2.05, 4.69) is 26.7 Å². The smallest absolute Gasteiger partial charge is 0.150 e. The molecule has 1 aromatic rings. The summed E-state index contributed by atoms with van der Waals surface area (Å²) in [5, 5.41) is 0. The maximum absolute atomic E-state index is 4.66. The van der Waals surface area contributed by atoms with Gasteiger partial charge < -0.3 is 4.90 Å². The molecule has 0 N–H and O–H groups in total. The highest BCUT2D eigenvalue weighted by molar-refractivity contribution is 5.44. The molecule has 0 amide bonds. The topological polar surface area (TPSA) is 32.3 Å². The van der Waals surface area contributed by atoms with E-state index in [0.717, 1.165) is 36.3 Å². The van der Waals surface area contributed by atoms with Crippen molar-refractivity contribution in [1.82, 2.24) is 14.9 Å². The first-order valence-electron chi connectivity index (χ1n) is 7.03. The molecular formula is C14H22N4. The third kappa shape index (κ3) is 2.21. The van der Waals surface area contributed by atoms with Crippen LogP contribution in [0.2, 0.25) is 0 Å². The molecule has 0 aromatic carbocycles. The molecule has 1 atom stereocenters. The van der Waals surface area contributed by atoms with Crippen molar-refractivity contribution in [3.05, 3.63) is 17.6 Å². The molecule has 18 heavy (non-hydrogen) atoms. The van der Waals surface area contributed by atoms with E-state index in [0.29, 0.717) is 0 Å². The van der Waals surface area contributed by atoms with Crippen LogP contribution < -0.4 is 4.90 Å². The van der Waals surface area contributed by atoms with Gasteiger partial charge in [-0.1, -0.05) is 0 Å². The molecule has 3 rings (SSSR count). The molecular weight excluding hydrogens is 224 g/mol. The van der Waals surface area contributed by atoms with Gasteiger partial charge in [0, 0.05) is 25.3 Å². The molecule has 3 heterocycles. The second-order valence-electron chi connectivity index (χ2n) is 5.55. The first kappa shape index (κ1) is 11.9. The Kier molecular flexibility index (Phi) is 3.20. The number of likely N-dealkylation sites (tertiary alicyclic amines) is 1. The van der Waals surface area contributed by atoms with Crippen LogP contribution in [0.25, 0.3) is 0 Å². The Labute approximate surface area is 109 Å². The molecule has 2 saturated heterocycles. The Balaban J connectivity index is 1.72. The minimum absolute atomic E-state index is 0.731. The van der Waals surface area contributed by atoms with Gasteiger partial charge in [-0.15, -0.1) is 0 Å². The quantitative estimate of drug-likeness (QED) is 0.796. The van der Waals surface area contributed by atoms with E-state index in [1.165, 1.54) is 32.4 Å². The van der Waals surface area contributed by atoms with Crippen molar-refractivity contribution in [3.63, 3.8) is 0 Å². The monoisotopic (exact) mass is 246 g/mol. The molecule has 0 spiro atoms. The van der Waals surface area contributed by atoms with Crippen LogP contribution in [-0.2, 0) is 0 Å². The number of rotatable bonds is 2. The van der Waals surface area contributed by atoms with E-state index in [-0.39, 0.29) is 0 Å². The van der Waals surface area contributed by atoms with Crippen molar-refractivity contribution in [2.75, 3.05) is 31.1 Å². The number of hydrogen-bond acceptors (Lipinski definition) is 4. The lowest BCUT2D eigenvalue weighted by Crippen LogP contribution is -2.35. The third-order valence-electron chi connectivity index (χ3n) is 4.17. The second kappa shape index (κ2) is 4.84. The average molecular weight is 246 g/mol. The summed E-state index contributed by atoms with van der Waals surface area (Å²) in [6, 6.07) is 0.731. The van der Waals surface area contributed by atoms with Gasteiger partial charge in [-0.05, 0) is 46.2 Å². The highest BCUT2D eigenvalue weighted by atomic mass is 15.3. The predicted octanol–water partition coefficient (Wildman–Crippen LogP) is 1.77. The molecule has 2 aliphatic rings. The Bertz CT molecular complexity index is 426. The van der Waals surface area contributed by atoms with Crippen LogP contribution in [0.1, 0.15) is 30.7 Å². The van der Waals surface area contributed by atoms with Crippen molar-refractivity contribution < 1.29 is 0 Å². The van der Waals surface area contributed by atoms with Crippen LogP contribution in [0.4, 0.5) is 5.82 Å². The van der Waals surface area contributed by atoms with Gasteiger partial charge in [0.1, 0.15) is 5.82 Å². The molecule has 98 valence electrons.